The number of carbonyl (C=O) groups excluding carboxylic acids is 1. The fourth-order valence-corrected chi connectivity index (χ4v) is 3.81. The molecule has 4 heteroatoms. The first-order chi connectivity index (χ1) is 10.8. The van der Waals surface area contributed by atoms with E-state index in [9.17, 15) is 4.79 Å². The summed E-state index contributed by atoms with van der Waals surface area (Å²) in [5.41, 5.74) is 1.03. The molecule has 2 saturated heterocycles. The molecule has 0 bridgehead atoms. The number of hydrogen-bond acceptors (Lipinski definition) is 3. The second kappa shape index (κ2) is 7.25. The molecular weight excluding hydrogens is 276 g/mol. The molecule has 4 nitrogen and oxygen atoms in total. The number of methoxy groups -OCH3 is 1. The van der Waals surface area contributed by atoms with E-state index < -0.39 is 0 Å². The zero-order valence-electron chi connectivity index (χ0n) is 13.4. The first-order valence-electron chi connectivity index (χ1n) is 8.39. The van der Waals surface area contributed by atoms with Crippen molar-refractivity contribution in [2.75, 3.05) is 38.3 Å². The molecule has 0 N–H and O–H groups in total. The molecule has 1 amide bonds. The second-order valence-corrected chi connectivity index (χ2v) is 6.44. The minimum absolute atomic E-state index is 0.0496. The molecule has 2 atom stereocenters. The van der Waals surface area contributed by atoms with Crippen molar-refractivity contribution in [2.24, 2.45) is 5.92 Å². The van der Waals surface area contributed by atoms with Crippen LogP contribution in [0.3, 0.4) is 0 Å². The molecule has 0 saturated carbocycles. The highest BCUT2D eigenvalue weighted by Crippen LogP contribution is 2.27. The van der Waals surface area contributed by atoms with E-state index >= 15 is 0 Å². The number of ether oxygens (including phenoxy) is 1. The lowest BCUT2D eigenvalue weighted by Gasteiger charge is -2.42. The summed E-state index contributed by atoms with van der Waals surface area (Å²) in [7, 11) is 1.77. The molecule has 0 unspecified atom stereocenters. The van der Waals surface area contributed by atoms with Crippen LogP contribution in [0.4, 0.5) is 5.69 Å². The Morgan fingerprint density at radius 2 is 1.91 bits per heavy atom. The van der Waals surface area contributed by atoms with Gasteiger partial charge in [0.15, 0.2) is 0 Å². The van der Waals surface area contributed by atoms with E-state index in [0.717, 1.165) is 44.8 Å². The number of piperidine rings is 2. The Morgan fingerprint density at radius 3 is 2.68 bits per heavy atom. The standard InChI is InChI=1S/C18H26N2O2/c1-22-14-15-7-5-11-19(13-15)17-10-6-12-20(18(17)21)16-8-3-2-4-9-16/h2-4,8-9,15,17H,5-7,10-14H2,1H3/t15-,17+/m1/s1. The fraction of sp³-hybridized carbons (Fsp3) is 0.611. The third-order valence-corrected chi connectivity index (χ3v) is 4.87. The third-order valence-electron chi connectivity index (χ3n) is 4.87. The largest absolute Gasteiger partial charge is 0.384 e. The van der Waals surface area contributed by atoms with Gasteiger partial charge in [-0.2, -0.15) is 0 Å². The summed E-state index contributed by atoms with van der Waals surface area (Å²) in [6.07, 6.45) is 4.45. The lowest BCUT2D eigenvalue weighted by molar-refractivity contribution is -0.126. The average Bonchev–Trinajstić information content (AvgIpc) is 2.56. The topological polar surface area (TPSA) is 32.8 Å². The highest BCUT2D eigenvalue weighted by atomic mass is 16.5. The Kier molecular flexibility index (Phi) is 5.11. The molecule has 0 radical (unpaired) electrons. The molecule has 120 valence electrons. The maximum atomic E-state index is 12.9. The van der Waals surface area contributed by atoms with Crippen molar-refractivity contribution in [1.82, 2.24) is 4.90 Å². The highest BCUT2D eigenvalue weighted by Gasteiger charge is 2.35. The third kappa shape index (κ3) is 3.33. The predicted octanol–water partition coefficient (Wildman–Crippen LogP) is 2.54. The van der Waals surface area contributed by atoms with Gasteiger partial charge in [0.2, 0.25) is 5.91 Å². The maximum absolute atomic E-state index is 12.9. The minimum Gasteiger partial charge on any atom is -0.384 e. The summed E-state index contributed by atoms with van der Waals surface area (Å²) in [5.74, 6) is 0.842. The number of benzene rings is 1. The van der Waals surface area contributed by atoms with Crippen molar-refractivity contribution in [3.05, 3.63) is 30.3 Å². The summed E-state index contributed by atoms with van der Waals surface area (Å²) in [5, 5.41) is 0. The Bertz CT molecular complexity index is 489. The van der Waals surface area contributed by atoms with E-state index in [4.69, 9.17) is 4.74 Å². The van der Waals surface area contributed by atoms with Crippen LogP contribution in [-0.4, -0.2) is 50.2 Å². The Balaban J connectivity index is 1.70. The van der Waals surface area contributed by atoms with Crippen LogP contribution in [0.5, 0.6) is 0 Å². The van der Waals surface area contributed by atoms with Gasteiger partial charge in [-0.15, -0.1) is 0 Å². The van der Waals surface area contributed by atoms with Crippen molar-refractivity contribution in [2.45, 2.75) is 31.7 Å². The highest BCUT2D eigenvalue weighted by molar-refractivity contribution is 5.97. The molecular formula is C18H26N2O2. The lowest BCUT2D eigenvalue weighted by Crippen LogP contribution is -2.55. The maximum Gasteiger partial charge on any atom is 0.244 e. The van der Waals surface area contributed by atoms with Gasteiger partial charge in [0, 0.05) is 25.9 Å². The number of amides is 1. The summed E-state index contributed by atoms with van der Waals surface area (Å²) >= 11 is 0. The monoisotopic (exact) mass is 302 g/mol. The number of nitrogens with zero attached hydrogens (tertiary/aromatic N) is 2. The van der Waals surface area contributed by atoms with Gasteiger partial charge >= 0.3 is 0 Å². The van der Waals surface area contributed by atoms with Gasteiger partial charge in [0.1, 0.15) is 0 Å². The van der Waals surface area contributed by atoms with Crippen LogP contribution in [0.15, 0.2) is 30.3 Å². The van der Waals surface area contributed by atoms with Gasteiger partial charge in [0.05, 0.1) is 12.6 Å². The molecule has 0 aliphatic carbocycles. The molecule has 2 aliphatic rings. The van der Waals surface area contributed by atoms with E-state index in [1.807, 2.05) is 35.2 Å². The van der Waals surface area contributed by atoms with E-state index in [2.05, 4.69) is 4.90 Å². The van der Waals surface area contributed by atoms with Crippen LogP contribution < -0.4 is 4.90 Å². The number of likely N-dealkylation sites (tertiary alicyclic amines) is 1. The molecule has 1 aromatic rings. The number of anilines is 1. The fourth-order valence-electron chi connectivity index (χ4n) is 3.81. The Labute approximate surface area is 133 Å². The molecule has 2 fully saturated rings. The van der Waals surface area contributed by atoms with Crippen LogP contribution in [0.25, 0.3) is 0 Å². The smallest absolute Gasteiger partial charge is 0.244 e. The van der Waals surface area contributed by atoms with Crippen LogP contribution in [0.2, 0.25) is 0 Å². The molecule has 2 heterocycles. The van der Waals surface area contributed by atoms with Gasteiger partial charge < -0.3 is 9.64 Å². The van der Waals surface area contributed by atoms with Crippen LogP contribution in [-0.2, 0) is 9.53 Å². The molecule has 1 aromatic carbocycles. The van der Waals surface area contributed by atoms with Crippen molar-refractivity contribution in [3.63, 3.8) is 0 Å². The minimum atomic E-state index is 0.0496. The summed E-state index contributed by atoms with van der Waals surface area (Å²) < 4.78 is 5.31. The van der Waals surface area contributed by atoms with E-state index in [1.54, 1.807) is 7.11 Å². The lowest BCUT2D eigenvalue weighted by atomic mass is 9.94. The first kappa shape index (κ1) is 15.5. The van der Waals surface area contributed by atoms with Gasteiger partial charge in [-0.25, -0.2) is 0 Å². The zero-order valence-corrected chi connectivity index (χ0v) is 13.4. The summed E-state index contributed by atoms with van der Waals surface area (Å²) in [6.45, 7) is 3.68. The molecule has 0 spiro atoms. The van der Waals surface area contributed by atoms with Gasteiger partial charge in [0.25, 0.3) is 0 Å². The molecule has 0 aromatic heterocycles. The van der Waals surface area contributed by atoms with Crippen LogP contribution >= 0.6 is 0 Å². The number of hydrogen-bond donors (Lipinski definition) is 0. The zero-order chi connectivity index (χ0) is 15.4. The van der Waals surface area contributed by atoms with E-state index in [0.29, 0.717) is 5.92 Å². The first-order valence-corrected chi connectivity index (χ1v) is 8.39. The van der Waals surface area contributed by atoms with E-state index in [1.165, 1.54) is 12.8 Å². The van der Waals surface area contributed by atoms with Gasteiger partial charge in [-0.1, -0.05) is 18.2 Å². The van der Waals surface area contributed by atoms with E-state index in [-0.39, 0.29) is 11.9 Å². The average molecular weight is 302 g/mol. The van der Waals surface area contributed by atoms with Gasteiger partial charge in [-0.05, 0) is 50.3 Å². The van der Waals surface area contributed by atoms with Crippen LogP contribution in [0.1, 0.15) is 25.7 Å². The molecule has 2 aliphatic heterocycles. The summed E-state index contributed by atoms with van der Waals surface area (Å²) in [6, 6.07) is 10.1. The van der Waals surface area contributed by atoms with Crippen molar-refractivity contribution in [1.29, 1.82) is 0 Å². The quantitative estimate of drug-likeness (QED) is 0.857. The van der Waals surface area contributed by atoms with Crippen LogP contribution in [0, 0.1) is 5.92 Å². The predicted molar refractivity (Wildman–Crippen MR) is 88.0 cm³/mol. The van der Waals surface area contributed by atoms with Gasteiger partial charge in [-0.3, -0.25) is 9.69 Å². The summed E-state index contributed by atoms with van der Waals surface area (Å²) in [4.78, 5) is 17.3. The van der Waals surface area contributed by atoms with Crippen molar-refractivity contribution in [3.8, 4) is 0 Å². The SMILES string of the molecule is COC[C@@H]1CCCN([C@H]2CCCN(c3ccccc3)C2=O)C1. The van der Waals surface area contributed by atoms with Crippen molar-refractivity contribution >= 4 is 11.6 Å². The second-order valence-electron chi connectivity index (χ2n) is 6.44. The normalized spacial score (nSPS) is 27.1. The number of para-hydroxylation sites is 1. The molecule has 22 heavy (non-hydrogen) atoms. The number of carbonyl (C=O) groups is 1. The van der Waals surface area contributed by atoms with Crippen molar-refractivity contribution < 1.29 is 9.53 Å². The Hall–Kier alpha value is -1.39. The number of rotatable bonds is 4. The Morgan fingerprint density at radius 1 is 1.14 bits per heavy atom. The molecule has 3 rings (SSSR count).